The number of nitrogens with zero attached hydrogens (tertiary/aromatic N) is 1. The number of likely N-dealkylation sites (N-methyl/N-ethyl adjacent to an activating group) is 1. The van der Waals surface area contributed by atoms with Gasteiger partial charge in [-0.05, 0) is 30.5 Å². The Bertz CT molecular complexity index is 292. The quantitative estimate of drug-likeness (QED) is 0.781. The van der Waals surface area contributed by atoms with E-state index in [1.165, 1.54) is 0 Å². The van der Waals surface area contributed by atoms with Crippen LogP contribution in [0.4, 0.5) is 0 Å². The van der Waals surface area contributed by atoms with Crippen molar-refractivity contribution in [3.63, 3.8) is 0 Å². The number of rotatable bonds is 4. The Balaban J connectivity index is 2.72. The van der Waals surface area contributed by atoms with E-state index in [0.29, 0.717) is 11.8 Å². The van der Waals surface area contributed by atoms with Crippen LogP contribution in [-0.4, -0.2) is 18.2 Å². The van der Waals surface area contributed by atoms with Crippen molar-refractivity contribution in [2.45, 2.75) is 32.7 Å². The van der Waals surface area contributed by atoms with Crippen LogP contribution in [0.3, 0.4) is 0 Å². The summed E-state index contributed by atoms with van der Waals surface area (Å²) in [5, 5.41) is 13.8. The summed E-state index contributed by atoms with van der Waals surface area (Å²) < 4.78 is 0. The maximum atomic E-state index is 9.53. The van der Waals surface area contributed by atoms with Crippen LogP contribution in [0.5, 0.6) is 5.75 Å². The molecule has 0 aromatic heterocycles. The zero-order valence-electron chi connectivity index (χ0n) is 9.12. The smallest absolute Gasteiger partial charge is 0.118 e. The lowest BCUT2D eigenvalue weighted by molar-refractivity contribution is 0.470. The van der Waals surface area contributed by atoms with Crippen LogP contribution in [0.2, 0.25) is 0 Å². The van der Waals surface area contributed by atoms with Crippen molar-refractivity contribution in [3.05, 3.63) is 34.6 Å². The minimum atomic E-state index is 0.372. The van der Waals surface area contributed by atoms with E-state index < -0.39 is 0 Å². The van der Waals surface area contributed by atoms with Crippen LogP contribution in [0.15, 0.2) is 18.2 Å². The van der Waals surface area contributed by atoms with Gasteiger partial charge in [-0.3, -0.25) is 0 Å². The normalized spacial score (nSPS) is 12.8. The summed E-state index contributed by atoms with van der Waals surface area (Å²) >= 11 is 0. The van der Waals surface area contributed by atoms with Gasteiger partial charge >= 0.3 is 0 Å². The monoisotopic (exact) mass is 192 g/mol. The van der Waals surface area contributed by atoms with Crippen LogP contribution >= 0.6 is 0 Å². The molecule has 2 nitrogen and oxygen atoms in total. The summed E-state index contributed by atoms with van der Waals surface area (Å²) in [4.78, 5) is 0. The Labute approximate surface area is 86.0 Å². The van der Waals surface area contributed by atoms with Gasteiger partial charge in [-0.2, -0.15) is 7.05 Å². The first-order valence-corrected chi connectivity index (χ1v) is 5.04. The molecule has 0 saturated heterocycles. The van der Waals surface area contributed by atoms with Crippen molar-refractivity contribution in [3.8, 4) is 5.75 Å². The molecule has 2 heteroatoms. The maximum absolute atomic E-state index is 9.53. The number of hydrogen-bond acceptors (Lipinski definition) is 1. The van der Waals surface area contributed by atoms with E-state index in [-0.39, 0.29) is 0 Å². The Hall–Kier alpha value is -1.02. The molecule has 0 saturated carbocycles. The molecule has 1 aromatic rings. The number of benzene rings is 1. The third kappa shape index (κ3) is 2.74. The Morgan fingerprint density at radius 3 is 2.64 bits per heavy atom. The second-order valence-corrected chi connectivity index (χ2v) is 3.65. The summed E-state index contributed by atoms with van der Waals surface area (Å²) in [6, 6.07) is 6.22. The fraction of sp³-hybridized carbons (Fsp3) is 0.500. The third-order valence-electron chi connectivity index (χ3n) is 2.58. The van der Waals surface area contributed by atoms with Gasteiger partial charge in [-0.15, -0.1) is 6.04 Å². The highest BCUT2D eigenvalue weighted by Gasteiger charge is 2.00. The van der Waals surface area contributed by atoms with Crippen LogP contribution in [0, 0.1) is 6.92 Å². The van der Waals surface area contributed by atoms with Crippen molar-refractivity contribution < 1.29 is 5.11 Å². The van der Waals surface area contributed by atoms with E-state index >= 15 is 0 Å². The van der Waals surface area contributed by atoms with E-state index in [0.717, 1.165) is 24.0 Å². The van der Waals surface area contributed by atoms with Crippen molar-refractivity contribution in [1.82, 2.24) is 0 Å². The molecule has 0 spiro atoms. The van der Waals surface area contributed by atoms with Crippen molar-refractivity contribution in [2.24, 2.45) is 0 Å². The third-order valence-corrected chi connectivity index (χ3v) is 2.58. The average molecular weight is 192 g/mol. The first-order valence-electron chi connectivity index (χ1n) is 5.04. The molecule has 0 radical (unpaired) electrons. The molecule has 0 heterocycles. The molecule has 14 heavy (non-hydrogen) atoms. The van der Waals surface area contributed by atoms with E-state index in [1.54, 1.807) is 0 Å². The van der Waals surface area contributed by atoms with Gasteiger partial charge in [0.15, 0.2) is 0 Å². The first kappa shape index (κ1) is 11.1. The lowest BCUT2D eigenvalue weighted by Crippen LogP contribution is -2.07. The molecule has 1 rings (SSSR count). The summed E-state index contributed by atoms with van der Waals surface area (Å²) in [6.45, 7) is 4.03. The van der Waals surface area contributed by atoms with E-state index in [4.69, 9.17) is 0 Å². The van der Waals surface area contributed by atoms with Crippen LogP contribution < -0.4 is 0 Å². The zero-order chi connectivity index (χ0) is 10.6. The Morgan fingerprint density at radius 1 is 1.43 bits per heavy atom. The summed E-state index contributed by atoms with van der Waals surface area (Å²) in [6.07, 6.45) is 1.96. The molecule has 1 atom stereocenters. The SMILES string of the molecule is CCC(Cc1ccc(C)c(O)c1)[N-]C. The largest absolute Gasteiger partial charge is 0.662 e. The molecular weight excluding hydrogens is 174 g/mol. The predicted octanol–water partition coefficient (Wildman–Crippen LogP) is 3.03. The van der Waals surface area contributed by atoms with E-state index in [1.807, 2.05) is 26.1 Å². The predicted molar refractivity (Wildman–Crippen MR) is 59.9 cm³/mol. The topological polar surface area (TPSA) is 34.3 Å². The molecular formula is C12H18NO-. The van der Waals surface area contributed by atoms with Crippen molar-refractivity contribution >= 4 is 0 Å². The molecule has 1 unspecified atom stereocenters. The van der Waals surface area contributed by atoms with Crippen molar-refractivity contribution in [1.29, 1.82) is 0 Å². The van der Waals surface area contributed by atoms with Gasteiger partial charge in [0.25, 0.3) is 0 Å². The fourth-order valence-electron chi connectivity index (χ4n) is 1.47. The van der Waals surface area contributed by atoms with Gasteiger partial charge in [0.2, 0.25) is 0 Å². The number of phenolic OH excluding ortho intramolecular Hbond substituents is 1. The second kappa shape index (κ2) is 5.01. The van der Waals surface area contributed by atoms with Gasteiger partial charge in [-0.1, -0.05) is 25.5 Å². The summed E-state index contributed by atoms with van der Waals surface area (Å²) in [5.74, 6) is 0.383. The molecule has 0 aliphatic rings. The zero-order valence-corrected chi connectivity index (χ0v) is 9.12. The summed E-state index contributed by atoms with van der Waals surface area (Å²) in [7, 11) is 1.85. The molecule has 1 aromatic carbocycles. The molecule has 0 aliphatic carbocycles. The second-order valence-electron chi connectivity index (χ2n) is 3.65. The maximum Gasteiger partial charge on any atom is 0.118 e. The molecule has 78 valence electrons. The van der Waals surface area contributed by atoms with Crippen LogP contribution in [0.25, 0.3) is 5.32 Å². The lowest BCUT2D eigenvalue weighted by Gasteiger charge is -2.26. The first-order chi connectivity index (χ1) is 6.67. The number of hydrogen-bond donors (Lipinski definition) is 1. The number of phenols is 1. The van der Waals surface area contributed by atoms with Gasteiger partial charge in [-0.25, -0.2) is 0 Å². The standard InChI is InChI=1S/C12H18NO/c1-4-11(13-3)7-10-6-5-9(2)12(14)8-10/h5-6,8,11,14H,4,7H2,1-3H3/q-1. The Morgan fingerprint density at radius 2 is 2.14 bits per heavy atom. The van der Waals surface area contributed by atoms with Gasteiger partial charge in [0.05, 0.1) is 0 Å². The minimum Gasteiger partial charge on any atom is -0.662 e. The van der Waals surface area contributed by atoms with Gasteiger partial charge in [0.1, 0.15) is 5.75 Å². The minimum absolute atomic E-state index is 0.372. The molecule has 0 fully saturated rings. The highest BCUT2D eigenvalue weighted by molar-refractivity contribution is 5.35. The van der Waals surface area contributed by atoms with Gasteiger partial charge < -0.3 is 10.4 Å². The highest BCUT2D eigenvalue weighted by atomic mass is 16.3. The van der Waals surface area contributed by atoms with Crippen LogP contribution in [0.1, 0.15) is 24.5 Å². The van der Waals surface area contributed by atoms with Crippen LogP contribution in [-0.2, 0) is 6.42 Å². The summed E-state index contributed by atoms with van der Waals surface area (Å²) in [5.41, 5.74) is 2.08. The fourth-order valence-corrected chi connectivity index (χ4v) is 1.47. The highest BCUT2D eigenvalue weighted by Crippen LogP contribution is 2.20. The number of aromatic hydroxyl groups is 1. The number of aryl methyl sites for hydroxylation is 1. The molecule has 0 aliphatic heterocycles. The molecule has 0 bridgehead atoms. The molecule has 1 N–H and O–H groups in total. The average Bonchev–Trinajstić information content (AvgIpc) is 2.19. The Kier molecular flexibility index (Phi) is 3.96. The molecule has 0 amide bonds. The lowest BCUT2D eigenvalue weighted by atomic mass is 10.0. The van der Waals surface area contributed by atoms with E-state index in [2.05, 4.69) is 18.3 Å². The van der Waals surface area contributed by atoms with Gasteiger partial charge in [0, 0.05) is 0 Å². The van der Waals surface area contributed by atoms with E-state index in [9.17, 15) is 5.11 Å². The van der Waals surface area contributed by atoms with Crippen molar-refractivity contribution in [2.75, 3.05) is 7.05 Å².